The van der Waals surface area contributed by atoms with Gasteiger partial charge in [-0.05, 0) is 18.2 Å². The Morgan fingerprint density at radius 2 is 1.91 bits per heavy atom. The van der Waals surface area contributed by atoms with E-state index < -0.39 is 17.3 Å². The Bertz CT molecular complexity index is 1340. The Hall–Kier alpha value is -4.25. The van der Waals surface area contributed by atoms with Crippen LogP contribution in [0.15, 0.2) is 59.5 Å². The maximum Gasteiger partial charge on any atom is 0.262 e. The summed E-state index contributed by atoms with van der Waals surface area (Å²) in [5, 5.41) is 17.7. The molecule has 0 aromatic carbocycles. The molecular formula is C22H18FN7O3. The van der Waals surface area contributed by atoms with Gasteiger partial charge in [-0.15, -0.1) is 0 Å². The van der Waals surface area contributed by atoms with E-state index in [1.807, 2.05) is 0 Å². The predicted molar refractivity (Wildman–Crippen MR) is 114 cm³/mol. The van der Waals surface area contributed by atoms with Gasteiger partial charge >= 0.3 is 0 Å². The van der Waals surface area contributed by atoms with Crippen LogP contribution in [0.1, 0.15) is 12.2 Å². The highest BCUT2D eigenvalue weighted by atomic mass is 19.1. The Kier molecular flexibility index (Phi) is 5.02. The topological polar surface area (TPSA) is 130 Å². The number of likely N-dealkylation sites (tertiary alicyclic amines) is 1. The molecule has 0 aliphatic carbocycles. The van der Waals surface area contributed by atoms with Crippen molar-refractivity contribution in [1.82, 2.24) is 30.0 Å². The average Bonchev–Trinajstić information content (AvgIpc) is 3.42. The summed E-state index contributed by atoms with van der Waals surface area (Å²) in [6, 6.07) is 9.77. The molecule has 1 aliphatic rings. The minimum absolute atomic E-state index is 0.0799. The third kappa shape index (κ3) is 3.89. The molecule has 4 aromatic rings. The van der Waals surface area contributed by atoms with Gasteiger partial charge in [0.05, 0.1) is 35.2 Å². The minimum atomic E-state index is -1.73. The summed E-state index contributed by atoms with van der Waals surface area (Å²) in [7, 11) is 1.62. The zero-order chi connectivity index (χ0) is 23.0. The molecule has 0 radical (unpaired) electrons. The highest BCUT2D eigenvalue weighted by Crippen LogP contribution is 2.34. The lowest BCUT2D eigenvalue weighted by Crippen LogP contribution is -2.35. The number of hydrogen-bond donors (Lipinski definition) is 2. The van der Waals surface area contributed by atoms with Crippen LogP contribution in [0, 0.1) is 5.82 Å². The predicted octanol–water partition coefficient (Wildman–Crippen LogP) is 2.52. The highest BCUT2D eigenvalue weighted by Gasteiger charge is 2.48. The summed E-state index contributed by atoms with van der Waals surface area (Å²) in [5.41, 5.74) is 0.600. The van der Waals surface area contributed by atoms with E-state index in [1.54, 1.807) is 37.5 Å². The second kappa shape index (κ2) is 8.02. The van der Waals surface area contributed by atoms with Gasteiger partial charge in [0.25, 0.3) is 5.91 Å². The van der Waals surface area contributed by atoms with Gasteiger partial charge in [-0.1, -0.05) is 11.2 Å². The molecule has 1 unspecified atom stereocenters. The molecule has 1 fully saturated rings. The van der Waals surface area contributed by atoms with Crippen LogP contribution in [0.4, 0.5) is 16.0 Å². The van der Waals surface area contributed by atoms with Crippen molar-refractivity contribution in [2.75, 3.05) is 18.9 Å². The number of amides is 1. The first kappa shape index (κ1) is 20.6. The SMILES string of the molecule is CN1CCC(O)(c2cc(-c3cccc(-c4ccnc(Nc5cncc(F)c5)n4)n3)no2)C1=O. The number of anilines is 2. The number of halogens is 1. The summed E-state index contributed by atoms with van der Waals surface area (Å²) < 4.78 is 18.7. The number of aliphatic hydroxyl groups is 1. The first-order valence-electron chi connectivity index (χ1n) is 10.1. The van der Waals surface area contributed by atoms with E-state index in [1.165, 1.54) is 23.2 Å². The number of likely N-dealkylation sites (N-methyl/N-ethyl adjacent to an activating group) is 1. The van der Waals surface area contributed by atoms with Gasteiger partial charge in [0, 0.05) is 38.3 Å². The van der Waals surface area contributed by atoms with E-state index in [4.69, 9.17) is 4.52 Å². The molecule has 1 aliphatic heterocycles. The Balaban J connectivity index is 1.42. The van der Waals surface area contributed by atoms with Crippen LogP contribution >= 0.6 is 0 Å². The second-order valence-corrected chi connectivity index (χ2v) is 7.60. The van der Waals surface area contributed by atoms with Crippen LogP contribution in [0.3, 0.4) is 0 Å². The van der Waals surface area contributed by atoms with E-state index in [-0.39, 0.29) is 18.1 Å². The van der Waals surface area contributed by atoms with Crippen LogP contribution in [0.2, 0.25) is 0 Å². The van der Waals surface area contributed by atoms with Crippen molar-refractivity contribution in [2.24, 2.45) is 0 Å². The first-order valence-corrected chi connectivity index (χ1v) is 10.1. The van der Waals surface area contributed by atoms with Gasteiger partial charge in [-0.25, -0.2) is 19.3 Å². The van der Waals surface area contributed by atoms with Gasteiger partial charge in [0.1, 0.15) is 11.5 Å². The summed E-state index contributed by atoms with van der Waals surface area (Å²) in [4.78, 5) is 30.7. The van der Waals surface area contributed by atoms with Crippen LogP contribution in [0.25, 0.3) is 22.8 Å². The quantitative estimate of drug-likeness (QED) is 0.474. The van der Waals surface area contributed by atoms with Crippen molar-refractivity contribution < 1.29 is 18.8 Å². The molecule has 5 heterocycles. The Morgan fingerprint density at radius 1 is 1.12 bits per heavy atom. The molecule has 2 N–H and O–H groups in total. The molecule has 10 nitrogen and oxygen atoms in total. The number of nitrogens with one attached hydrogen (secondary N) is 1. The fourth-order valence-electron chi connectivity index (χ4n) is 3.56. The number of pyridine rings is 2. The average molecular weight is 447 g/mol. The third-order valence-corrected chi connectivity index (χ3v) is 5.32. The van der Waals surface area contributed by atoms with Gasteiger partial charge < -0.3 is 19.8 Å². The smallest absolute Gasteiger partial charge is 0.262 e. The summed E-state index contributed by atoms with van der Waals surface area (Å²) in [6.07, 6.45) is 4.34. The molecule has 1 amide bonds. The number of hydrogen-bond acceptors (Lipinski definition) is 9. The molecule has 5 rings (SSSR count). The van der Waals surface area contributed by atoms with E-state index in [0.29, 0.717) is 35.0 Å². The molecule has 0 spiro atoms. The number of carbonyl (C=O) groups is 1. The van der Waals surface area contributed by atoms with Gasteiger partial charge in [-0.2, -0.15) is 0 Å². The second-order valence-electron chi connectivity index (χ2n) is 7.60. The van der Waals surface area contributed by atoms with Crippen LogP contribution in [-0.2, 0) is 10.4 Å². The molecule has 4 aromatic heterocycles. The van der Waals surface area contributed by atoms with E-state index >= 15 is 0 Å². The molecule has 33 heavy (non-hydrogen) atoms. The summed E-state index contributed by atoms with van der Waals surface area (Å²) in [6.45, 7) is 0.425. The lowest BCUT2D eigenvalue weighted by atomic mass is 9.98. The Morgan fingerprint density at radius 3 is 2.67 bits per heavy atom. The summed E-state index contributed by atoms with van der Waals surface area (Å²) in [5.74, 6) is -0.576. The van der Waals surface area contributed by atoms with Crippen molar-refractivity contribution in [3.8, 4) is 22.8 Å². The molecule has 0 saturated carbocycles. The lowest BCUT2D eigenvalue weighted by molar-refractivity contribution is -0.144. The van der Waals surface area contributed by atoms with Crippen LogP contribution < -0.4 is 5.32 Å². The molecule has 1 saturated heterocycles. The fraction of sp³-hybridized carbons (Fsp3) is 0.182. The lowest BCUT2D eigenvalue weighted by Gasteiger charge is -2.16. The zero-order valence-electron chi connectivity index (χ0n) is 17.4. The van der Waals surface area contributed by atoms with E-state index in [2.05, 4.69) is 30.4 Å². The Labute approximate surface area is 187 Å². The van der Waals surface area contributed by atoms with E-state index in [9.17, 15) is 14.3 Å². The minimum Gasteiger partial charge on any atom is -0.373 e. The van der Waals surface area contributed by atoms with Gasteiger partial charge in [0.15, 0.2) is 5.76 Å². The third-order valence-electron chi connectivity index (χ3n) is 5.32. The monoisotopic (exact) mass is 447 g/mol. The number of rotatable bonds is 5. The van der Waals surface area contributed by atoms with Crippen molar-refractivity contribution in [2.45, 2.75) is 12.0 Å². The standard InChI is InChI=1S/C22H18FN7O3/c1-30-8-6-22(32,20(30)31)19-10-18(29-33-19)16-4-2-3-15(27-16)17-5-7-25-21(28-17)26-14-9-13(23)11-24-12-14/h2-5,7,9-12,32H,6,8H2,1H3,(H,25,26,28). The van der Waals surface area contributed by atoms with Crippen molar-refractivity contribution in [1.29, 1.82) is 0 Å². The number of nitrogens with zero attached hydrogens (tertiary/aromatic N) is 6. The molecule has 11 heteroatoms. The molecule has 166 valence electrons. The first-order chi connectivity index (χ1) is 15.9. The number of aromatic nitrogens is 5. The molecule has 0 bridgehead atoms. The van der Waals surface area contributed by atoms with E-state index in [0.717, 1.165) is 6.20 Å². The molecule has 1 atom stereocenters. The fourth-order valence-corrected chi connectivity index (χ4v) is 3.56. The summed E-state index contributed by atoms with van der Waals surface area (Å²) >= 11 is 0. The molecular weight excluding hydrogens is 429 g/mol. The maximum atomic E-state index is 13.4. The number of carbonyl (C=O) groups excluding carboxylic acids is 1. The van der Waals surface area contributed by atoms with Gasteiger partial charge in [-0.3, -0.25) is 9.78 Å². The van der Waals surface area contributed by atoms with Crippen LogP contribution in [0.5, 0.6) is 0 Å². The van der Waals surface area contributed by atoms with Gasteiger partial charge in [0.2, 0.25) is 11.5 Å². The highest BCUT2D eigenvalue weighted by molar-refractivity contribution is 5.87. The normalized spacial score (nSPS) is 18.0. The largest absolute Gasteiger partial charge is 0.373 e. The zero-order valence-corrected chi connectivity index (χ0v) is 17.4. The van der Waals surface area contributed by atoms with Crippen molar-refractivity contribution >= 4 is 17.5 Å². The maximum absolute atomic E-state index is 13.4. The van der Waals surface area contributed by atoms with Crippen molar-refractivity contribution in [3.05, 3.63) is 66.6 Å². The van der Waals surface area contributed by atoms with Crippen molar-refractivity contribution in [3.63, 3.8) is 0 Å². The van der Waals surface area contributed by atoms with Crippen LogP contribution in [-0.4, -0.2) is 54.6 Å².